The lowest BCUT2D eigenvalue weighted by Crippen LogP contribution is -2.36. The Morgan fingerprint density at radius 2 is 2.25 bits per heavy atom. The van der Waals surface area contributed by atoms with Crippen LogP contribution in [0.15, 0.2) is 30.3 Å². The molecule has 3 rings (SSSR count). The fourth-order valence-electron chi connectivity index (χ4n) is 2.57. The first-order valence-electron chi connectivity index (χ1n) is 6.65. The molecule has 1 fully saturated rings. The van der Waals surface area contributed by atoms with Crippen LogP contribution in [0, 0.1) is 0 Å². The molecule has 0 bridgehead atoms. The van der Waals surface area contributed by atoms with Crippen molar-refractivity contribution in [1.29, 1.82) is 0 Å². The average molecular weight is 288 g/mol. The predicted molar refractivity (Wildman–Crippen MR) is 82.8 cm³/mol. The summed E-state index contributed by atoms with van der Waals surface area (Å²) in [6, 6.07) is 9.44. The number of para-hydroxylation sites is 1. The van der Waals surface area contributed by atoms with Gasteiger partial charge in [-0.05, 0) is 12.1 Å². The number of nitrogens with zero attached hydrogens (tertiary/aromatic N) is 2. The second-order valence-electron chi connectivity index (χ2n) is 4.98. The number of carboxylic acid groups (broad SMARTS) is 1. The van der Waals surface area contributed by atoms with E-state index < -0.39 is 5.97 Å². The molecule has 0 aliphatic carbocycles. The zero-order valence-corrected chi connectivity index (χ0v) is 12.1. The molecule has 1 aromatic carbocycles. The molecule has 0 radical (unpaired) electrons. The van der Waals surface area contributed by atoms with Crippen molar-refractivity contribution < 1.29 is 9.90 Å². The quantitative estimate of drug-likeness (QED) is 0.921. The third-order valence-corrected chi connectivity index (χ3v) is 4.63. The number of aromatic nitrogens is 1. The molecule has 0 amide bonds. The van der Waals surface area contributed by atoms with Crippen LogP contribution in [-0.4, -0.2) is 40.2 Å². The van der Waals surface area contributed by atoms with E-state index in [2.05, 4.69) is 16.8 Å². The Kier molecular flexibility index (Phi) is 3.53. The highest BCUT2D eigenvalue weighted by Gasteiger charge is 2.20. The van der Waals surface area contributed by atoms with Gasteiger partial charge in [-0.25, -0.2) is 9.78 Å². The predicted octanol–water partition coefficient (Wildman–Crippen LogP) is 2.87. The monoisotopic (exact) mass is 288 g/mol. The van der Waals surface area contributed by atoms with Crippen LogP contribution in [-0.2, 0) is 0 Å². The van der Waals surface area contributed by atoms with Crippen LogP contribution < -0.4 is 4.90 Å². The summed E-state index contributed by atoms with van der Waals surface area (Å²) in [5, 5.41) is 10.8. The highest BCUT2D eigenvalue weighted by Crippen LogP contribution is 2.30. The van der Waals surface area contributed by atoms with Crippen LogP contribution >= 0.6 is 11.8 Å². The molecule has 1 aliphatic heterocycles. The number of carbonyl (C=O) groups is 1. The molecule has 1 unspecified atom stereocenters. The van der Waals surface area contributed by atoms with Gasteiger partial charge in [-0.2, -0.15) is 11.8 Å². The van der Waals surface area contributed by atoms with Crippen molar-refractivity contribution in [3.63, 3.8) is 0 Å². The van der Waals surface area contributed by atoms with Crippen LogP contribution in [0.4, 0.5) is 5.69 Å². The van der Waals surface area contributed by atoms with E-state index in [4.69, 9.17) is 0 Å². The van der Waals surface area contributed by atoms with Crippen LogP contribution in [0.3, 0.4) is 0 Å². The maximum Gasteiger partial charge on any atom is 0.354 e. The van der Waals surface area contributed by atoms with E-state index >= 15 is 0 Å². The minimum atomic E-state index is -0.976. The van der Waals surface area contributed by atoms with Crippen molar-refractivity contribution in [2.45, 2.75) is 12.2 Å². The summed E-state index contributed by atoms with van der Waals surface area (Å²) in [5.74, 6) is 0.0941. The van der Waals surface area contributed by atoms with Crippen LogP contribution in [0.5, 0.6) is 0 Å². The molecular weight excluding hydrogens is 272 g/mol. The van der Waals surface area contributed by atoms with E-state index in [1.807, 2.05) is 36.0 Å². The number of aromatic carboxylic acids is 1. The van der Waals surface area contributed by atoms with Gasteiger partial charge < -0.3 is 10.0 Å². The second-order valence-corrected chi connectivity index (χ2v) is 6.52. The molecule has 0 spiro atoms. The molecule has 1 saturated heterocycles. The van der Waals surface area contributed by atoms with Gasteiger partial charge in [0.15, 0.2) is 5.69 Å². The van der Waals surface area contributed by atoms with E-state index in [0.717, 1.165) is 35.4 Å². The largest absolute Gasteiger partial charge is 0.477 e. The molecule has 2 heterocycles. The Morgan fingerprint density at radius 1 is 1.45 bits per heavy atom. The Balaban J connectivity index is 2.14. The number of hydrogen-bond donors (Lipinski definition) is 1. The molecule has 1 atom stereocenters. The van der Waals surface area contributed by atoms with Gasteiger partial charge in [-0.3, -0.25) is 0 Å². The number of thioether (sulfide) groups is 1. The van der Waals surface area contributed by atoms with Crippen molar-refractivity contribution in [2.24, 2.45) is 0 Å². The first kappa shape index (κ1) is 13.2. The summed E-state index contributed by atoms with van der Waals surface area (Å²) in [5.41, 5.74) is 1.85. The molecule has 1 N–H and O–H groups in total. The molecule has 2 aromatic rings. The summed E-state index contributed by atoms with van der Waals surface area (Å²) in [4.78, 5) is 17.8. The Hall–Kier alpha value is -1.75. The van der Waals surface area contributed by atoms with Gasteiger partial charge in [0.1, 0.15) is 0 Å². The smallest absolute Gasteiger partial charge is 0.354 e. The number of pyridine rings is 1. The van der Waals surface area contributed by atoms with E-state index in [0.29, 0.717) is 5.25 Å². The Bertz CT molecular complexity index is 659. The first-order valence-corrected chi connectivity index (χ1v) is 7.69. The normalized spacial score (nSPS) is 19.2. The maximum atomic E-state index is 11.3. The molecule has 4 nitrogen and oxygen atoms in total. The lowest BCUT2D eigenvalue weighted by Gasteiger charge is -2.33. The third-order valence-electron chi connectivity index (χ3n) is 3.50. The summed E-state index contributed by atoms with van der Waals surface area (Å²) in [7, 11) is 0. The van der Waals surface area contributed by atoms with Gasteiger partial charge in [0.2, 0.25) is 0 Å². The number of carboxylic acids is 1. The zero-order valence-electron chi connectivity index (χ0n) is 11.2. The zero-order chi connectivity index (χ0) is 14.1. The molecule has 104 valence electrons. The summed E-state index contributed by atoms with van der Waals surface area (Å²) in [6.45, 7) is 4.10. The molecule has 1 aromatic heterocycles. The van der Waals surface area contributed by atoms with Crippen molar-refractivity contribution in [3.8, 4) is 0 Å². The number of benzene rings is 1. The van der Waals surface area contributed by atoms with E-state index in [1.165, 1.54) is 0 Å². The fourth-order valence-corrected chi connectivity index (χ4v) is 3.58. The SMILES string of the molecule is CC1CN(c2cc(C(=O)O)nc3ccccc23)CCS1. The first-order chi connectivity index (χ1) is 9.65. The standard InChI is InChI=1S/C15H16N2O2S/c1-10-9-17(6-7-20-10)14-8-13(15(18)19)16-12-5-3-2-4-11(12)14/h2-5,8,10H,6-7,9H2,1H3,(H,18,19). The topological polar surface area (TPSA) is 53.4 Å². The fraction of sp³-hybridized carbons (Fsp3) is 0.333. The van der Waals surface area contributed by atoms with Gasteiger partial charge in [-0.15, -0.1) is 0 Å². The molecule has 1 aliphatic rings. The minimum absolute atomic E-state index is 0.115. The van der Waals surface area contributed by atoms with Crippen LogP contribution in [0.25, 0.3) is 10.9 Å². The number of anilines is 1. The molecule has 5 heteroatoms. The molecule has 20 heavy (non-hydrogen) atoms. The Morgan fingerprint density at radius 3 is 3.00 bits per heavy atom. The minimum Gasteiger partial charge on any atom is -0.477 e. The van der Waals surface area contributed by atoms with Gasteiger partial charge in [0, 0.05) is 35.2 Å². The summed E-state index contributed by atoms with van der Waals surface area (Å²) < 4.78 is 0. The number of fused-ring (bicyclic) bond motifs is 1. The molecular formula is C15H16N2O2S. The van der Waals surface area contributed by atoms with Crippen molar-refractivity contribution in [2.75, 3.05) is 23.7 Å². The van der Waals surface area contributed by atoms with Crippen molar-refractivity contribution in [1.82, 2.24) is 4.98 Å². The van der Waals surface area contributed by atoms with E-state index in [9.17, 15) is 9.90 Å². The van der Waals surface area contributed by atoms with Gasteiger partial charge >= 0.3 is 5.97 Å². The highest BCUT2D eigenvalue weighted by atomic mass is 32.2. The number of rotatable bonds is 2. The third kappa shape index (κ3) is 2.45. The maximum absolute atomic E-state index is 11.3. The molecule has 0 saturated carbocycles. The number of hydrogen-bond acceptors (Lipinski definition) is 4. The lowest BCUT2D eigenvalue weighted by molar-refractivity contribution is 0.0691. The van der Waals surface area contributed by atoms with E-state index in [-0.39, 0.29) is 5.69 Å². The van der Waals surface area contributed by atoms with Crippen LogP contribution in [0.1, 0.15) is 17.4 Å². The van der Waals surface area contributed by atoms with Crippen LogP contribution in [0.2, 0.25) is 0 Å². The average Bonchev–Trinajstić information content (AvgIpc) is 2.46. The lowest BCUT2D eigenvalue weighted by atomic mass is 10.1. The van der Waals surface area contributed by atoms with Gasteiger partial charge in [0.05, 0.1) is 5.52 Å². The van der Waals surface area contributed by atoms with Crippen molar-refractivity contribution >= 4 is 34.3 Å². The van der Waals surface area contributed by atoms with E-state index in [1.54, 1.807) is 6.07 Å². The van der Waals surface area contributed by atoms with Gasteiger partial charge in [-0.1, -0.05) is 25.1 Å². The highest BCUT2D eigenvalue weighted by molar-refractivity contribution is 8.00. The van der Waals surface area contributed by atoms with Crippen molar-refractivity contribution in [3.05, 3.63) is 36.0 Å². The van der Waals surface area contributed by atoms with Gasteiger partial charge in [0.25, 0.3) is 0 Å². The summed E-state index contributed by atoms with van der Waals surface area (Å²) in [6.07, 6.45) is 0. The second kappa shape index (κ2) is 5.32. The Labute approximate surface area is 121 Å². The summed E-state index contributed by atoms with van der Waals surface area (Å²) >= 11 is 1.96.